The van der Waals surface area contributed by atoms with Gasteiger partial charge >= 0.3 is 6.09 Å². The zero-order valence-corrected chi connectivity index (χ0v) is 15.6. The molecule has 132 valence electrons. The summed E-state index contributed by atoms with van der Waals surface area (Å²) in [5.74, 6) is -0.350. The fraction of sp³-hybridized carbons (Fsp3) is 0.529. The molecule has 0 spiro atoms. The number of hydrazine groups is 1. The summed E-state index contributed by atoms with van der Waals surface area (Å²) in [6, 6.07) is 4.56. The van der Waals surface area contributed by atoms with Crippen LogP contribution in [0.25, 0.3) is 0 Å². The number of nitrogens with zero attached hydrogens (tertiary/aromatic N) is 1. The largest absolute Gasteiger partial charge is 0.443 e. The Bertz CT molecular complexity index is 603. The molecule has 1 aliphatic carbocycles. The monoisotopic (exact) mass is 372 g/mol. The minimum atomic E-state index is -0.657. The molecule has 2 rings (SSSR count). The number of benzene rings is 1. The van der Waals surface area contributed by atoms with Gasteiger partial charge in [0.2, 0.25) is 0 Å². The third kappa shape index (κ3) is 5.28. The summed E-state index contributed by atoms with van der Waals surface area (Å²) >= 11 is 12.0. The first-order chi connectivity index (χ1) is 11.2. The minimum Gasteiger partial charge on any atom is -0.443 e. The van der Waals surface area contributed by atoms with E-state index in [0.717, 1.165) is 25.7 Å². The number of nitrogens with one attached hydrogen (secondary N) is 1. The molecule has 1 aromatic rings. The lowest BCUT2D eigenvalue weighted by atomic mass is 10.1. The molecule has 0 unspecified atom stereocenters. The molecule has 0 atom stereocenters. The molecule has 0 bridgehead atoms. The lowest BCUT2D eigenvalue weighted by Crippen LogP contribution is -2.52. The summed E-state index contributed by atoms with van der Waals surface area (Å²) in [7, 11) is 0. The predicted molar refractivity (Wildman–Crippen MR) is 94.3 cm³/mol. The molecule has 7 heteroatoms. The molecule has 0 heterocycles. The highest BCUT2D eigenvalue weighted by molar-refractivity contribution is 6.35. The van der Waals surface area contributed by atoms with E-state index in [4.69, 9.17) is 27.9 Å². The van der Waals surface area contributed by atoms with Crippen molar-refractivity contribution in [2.24, 2.45) is 0 Å². The standard InChI is InChI=1S/C17H22Cl2N2O3/c1-17(2,3)24-16(23)20-21(14-6-4-5-7-14)15(22)11-8-12(18)10-13(19)9-11/h8-10,14H,4-7H2,1-3H3,(H,20,23). The van der Waals surface area contributed by atoms with Crippen molar-refractivity contribution in [1.29, 1.82) is 0 Å². The van der Waals surface area contributed by atoms with E-state index in [2.05, 4.69) is 5.43 Å². The van der Waals surface area contributed by atoms with Crippen LogP contribution in [-0.2, 0) is 4.74 Å². The Labute approximate surface area is 152 Å². The van der Waals surface area contributed by atoms with Crippen LogP contribution in [0.15, 0.2) is 18.2 Å². The lowest BCUT2D eigenvalue weighted by Gasteiger charge is -2.30. The molecule has 5 nitrogen and oxygen atoms in total. The highest BCUT2D eigenvalue weighted by Crippen LogP contribution is 2.26. The Kier molecular flexibility index (Phi) is 5.99. The van der Waals surface area contributed by atoms with Crippen molar-refractivity contribution in [3.8, 4) is 0 Å². The first kappa shape index (κ1) is 18.9. The van der Waals surface area contributed by atoms with Gasteiger partial charge in [0, 0.05) is 15.6 Å². The molecule has 1 saturated carbocycles. The van der Waals surface area contributed by atoms with Crippen LogP contribution in [0.1, 0.15) is 56.8 Å². The van der Waals surface area contributed by atoms with Gasteiger partial charge in [-0.15, -0.1) is 0 Å². The second kappa shape index (κ2) is 7.62. The van der Waals surface area contributed by atoms with Crippen molar-refractivity contribution in [1.82, 2.24) is 10.4 Å². The van der Waals surface area contributed by atoms with Gasteiger partial charge in [-0.25, -0.2) is 15.2 Å². The molecule has 1 N–H and O–H groups in total. The number of carbonyl (C=O) groups excluding carboxylic acids is 2. The summed E-state index contributed by atoms with van der Waals surface area (Å²) < 4.78 is 5.27. The topological polar surface area (TPSA) is 58.6 Å². The number of ether oxygens (including phenoxy) is 1. The highest BCUT2D eigenvalue weighted by atomic mass is 35.5. The third-order valence-corrected chi connectivity index (χ3v) is 4.07. The lowest BCUT2D eigenvalue weighted by molar-refractivity contribution is 0.0219. The van der Waals surface area contributed by atoms with Crippen LogP contribution < -0.4 is 5.43 Å². The number of hydrogen-bond acceptors (Lipinski definition) is 3. The Hall–Kier alpha value is -1.46. The minimum absolute atomic E-state index is 0.0669. The van der Waals surface area contributed by atoms with E-state index in [0.29, 0.717) is 15.6 Å². The number of carbonyl (C=O) groups is 2. The molecule has 1 fully saturated rings. The van der Waals surface area contributed by atoms with Gasteiger partial charge in [0.05, 0.1) is 6.04 Å². The third-order valence-electron chi connectivity index (χ3n) is 3.63. The second-order valence-electron chi connectivity index (χ2n) is 6.89. The molecule has 0 saturated heterocycles. The van der Waals surface area contributed by atoms with E-state index >= 15 is 0 Å². The summed E-state index contributed by atoms with van der Waals surface area (Å²) in [6.45, 7) is 5.31. The van der Waals surface area contributed by atoms with Gasteiger partial charge in [-0.3, -0.25) is 4.79 Å². The SMILES string of the molecule is CC(C)(C)OC(=O)NN(C(=O)c1cc(Cl)cc(Cl)c1)C1CCCC1. The summed E-state index contributed by atoms with van der Waals surface area (Å²) in [5, 5.41) is 2.09. The fourth-order valence-corrected chi connectivity index (χ4v) is 3.21. The van der Waals surface area contributed by atoms with Gasteiger partial charge in [-0.1, -0.05) is 36.0 Å². The maximum absolute atomic E-state index is 12.9. The predicted octanol–water partition coefficient (Wildman–Crippen LogP) is 4.82. The zero-order chi connectivity index (χ0) is 17.9. The first-order valence-electron chi connectivity index (χ1n) is 7.95. The summed E-state index contributed by atoms with van der Waals surface area (Å²) in [5.41, 5.74) is 2.27. The van der Waals surface area contributed by atoms with Crippen molar-refractivity contribution in [3.05, 3.63) is 33.8 Å². The van der Waals surface area contributed by atoms with Crippen LogP contribution in [0.4, 0.5) is 4.79 Å². The van der Waals surface area contributed by atoms with E-state index < -0.39 is 11.7 Å². The Morgan fingerprint density at radius 2 is 1.67 bits per heavy atom. The van der Waals surface area contributed by atoms with Crippen LogP contribution in [0.3, 0.4) is 0 Å². The quantitative estimate of drug-likeness (QED) is 0.757. The highest BCUT2D eigenvalue weighted by Gasteiger charge is 2.30. The van der Waals surface area contributed by atoms with Crippen molar-refractivity contribution in [3.63, 3.8) is 0 Å². The van der Waals surface area contributed by atoms with Crippen LogP contribution in [-0.4, -0.2) is 28.7 Å². The zero-order valence-electron chi connectivity index (χ0n) is 14.1. The van der Waals surface area contributed by atoms with E-state index in [-0.39, 0.29) is 11.9 Å². The molecule has 1 aromatic carbocycles. The number of hydrogen-bond donors (Lipinski definition) is 1. The van der Waals surface area contributed by atoms with Gasteiger partial charge in [0.25, 0.3) is 5.91 Å². The summed E-state index contributed by atoms with van der Waals surface area (Å²) in [6.07, 6.45) is 3.03. The van der Waals surface area contributed by atoms with Crippen LogP contribution >= 0.6 is 23.2 Å². The Balaban J connectivity index is 2.22. The number of halogens is 2. The molecule has 0 aromatic heterocycles. The molecular formula is C17H22Cl2N2O3. The normalized spacial score (nSPS) is 15.2. The van der Waals surface area contributed by atoms with Crippen molar-refractivity contribution in [2.75, 3.05) is 0 Å². The molecule has 0 aliphatic heterocycles. The molecular weight excluding hydrogens is 351 g/mol. The van der Waals surface area contributed by atoms with Crippen LogP contribution in [0.2, 0.25) is 10.0 Å². The molecule has 2 amide bonds. The number of rotatable bonds is 2. The van der Waals surface area contributed by atoms with Gasteiger partial charge in [-0.2, -0.15) is 0 Å². The molecule has 0 radical (unpaired) electrons. The average Bonchev–Trinajstić information content (AvgIpc) is 2.95. The Morgan fingerprint density at radius 1 is 1.12 bits per heavy atom. The number of amides is 2. The molecule has 1 aliphatic rings. The average molecular weight is 373 g/mol. The van der Waals surface area contributed by atoms with Gasteiger partial charge in [-0.05, 0) is 51.8 Å². The first-order valence-corrected chi connectivity index (χ1v) is 8.70. The van der Waals surface area contributed by atoms with Crippen LogP contribution in [0.5, 0.6) is 0 Å². The smallest absolute Gasteiger partial charge is 0.426 e. The van der Waals surface area contributed by atoms with Gasteiger partial charge in [0.1, 0.15) is 5.60 Å². The van der Waals surface area contributed by atoms with Gasteiger partial charge in [0.15, 0.2) is 0 Å². The second-order valence-corrected chi connectivity index (χ2v) is 7.76. The van der Waals surface area contributed by atoms with E-state index in [1.807, 2.05) is 0 Å². The molecule has 24 heavy (non-hydrogen) atoms. The van der Waals surface area contributed by atoms with Crippen molar-refractivity contribution in [2.45, 2.75) is 58.1 Å². The van der Waals surface area contributed by atoms with E-state index in [9.17, 15) is 9.59 Å². The maximum atomic E-state index is 12.9. The van der Waals surface area contributed by atoms with Crippen molar-refractivity contribution < 1.29 is 14.3 Å². The van der Waals surface area contributed by atoms with Crippen LogP contribution in [0, 0.1) is 0 Å². The van der Waals surface area contributed by atoms with E-state index in [1.54, 1.807) is 26.8 Å². The van der Waals surface area contributed by atoms with Crippen molar-refractivity contribution >= 4 is 35.2 Å². The fourth-order valence-electron chi connectivity index (χ4n) is 2.69. The maximum Gasteiger partial charge on any atom is 0.426 e. The van der Waals surface area contributed by atoms with Gasteiger partial charge < -0.3 is 4.74 Å². The summed E-state index contributed by atoms with van der Waals surface area (Å²) in [4.78, 5) is 25.0. The van der Waals surface area contributed by atoms with E-state index in [1.165, 1.54) is 17.1 Å². The Morgan fingerprint density at radius 3 is 2.17 bits per heavy atom.